The number of anilines is 2. The van der Waals surface area contributed by atoms with E-state index in [4.69, 9.17) is 5.73 Å². The average molecular weight is 365 g/mol. The van der Waals surface area contributed by atoms with E-state index >= 15 is 0 Å². The number of aryl methyl sites for hydroxylation is 2. The second-order valence-corrected chi connectivity index (χ2v) is 6.93. The van der Waals surface area contributed by atoms with Crippen molar-refractivity contribution in [2.45, 2.75) is 25.7 Å². The molecule has 27 heavy (non-hydrogen) atoms. The maximum atomic E-state index is 12.6. The van der Waals surface area contributed by atoms with E-state index in [2.05, 4.69) is 20.0 Å². The fourth-order valence-electron chi connectivity index (χ4n) is 3.50. The predicted molar refractivity (Wildman–Crippen MR) is 104 cm³/mol. The highest BCUT2D eigenvalue weighted by atomic mass is 16.2. The van der Waals surface area contributed by atoms with Crippen molar-refractivity contribution in [2.75, 3.05) is 23.7 Å². The summed E-state index contributed by atoms with van der Waals surface area (Å²) < 4.78 is 3.14. The third-order valence-electron chi connectivity index (χ3n) is 5.11. The summed E-state index contributed by atoms with van der Waals surface area (Å²) in [4.78, 5) is 23.5. The van der Waals surface area contributed by atoms with E-state index in [0.29, 0.717) is 11.8 Å². The van der Waals surface area contributed by atoms with Gasteiger partial charge >= 0.3 is 5.69 Å². The van der Waals surface area contributed by atoms with Crippen LogP contribution in [0.3, 0.4) is 0 Å². The smallest absolute Gasteiger partial charge is 0.350 e. The van der Waals surface area contributed by atoms with Gasteiger partial charge in [0, 0.05) is 37.8 Å². The fraction of sp³-hybridized carbons (Fsp3) is 0.368. The second-order valence-electron chi connectivity index (χ2n) is 6.93. The highest BCUT2D eigenvalue weighted by Crippen LogP contribution is 2.29. The molecule has 0 atom stereocenters. The second kappa shape index (κ2) is 6.86. The van der Waals surface area contributed by atoms with Gasteiger partial charge in [0.15, 0.2) is 0 Å². The molecular weight excluding hydrogens is 342 g/mol. The summed E-state index contributed by atoms with van der Waals surface area (Å²) in [6.07, 6.45) is 3.51. The molecule has 0 aliphatic carbocycles. The molecule has 0 saturated carbocycles. The number of nitrogens with two attached hydrogens (primary N) is 1. The highest BCUT2D eigenvalue weighted by Gasteiger charge is 2.28. The number of rotatable bonds is 3. The zero-order valence-corrected chi connectivity index (χ0v) is 15.5. The van der Waals surface area contributed by atoms with Gasteiger partial charge in [0.05, 0.1) is 5.69 Å². The monoisotopic (exact) mass is 365 g/mol. The zero-order chi connectivity index (χ0) is 19.0. The van der Waals surface area contributed by atoms with Gasteiger partial charge in [0.1, 0.15) is 11.6 Å². The normalized spacial score (nSPS) is 15.3. The molecule has 1 aromatic carbocycles. The van der Waals surface area contributed by atoms with Gasteiger partial charge in [0.25, 0.3) is 0 Å². The molecule has 0 amide bonds. The molecule has 1 aliphatic rings. The zero-order valence-electron chi connectivity index (χ0n) is 15.5. The van der Waals surface area contributed by atoms with Gasteiger partial charge in [-0.15, -0.1) is 0 Å². The van der Waals surface area contributed by atoms with E-state index in [-0.39, 0.29) is 11.6 Å². The molecular formula is C19H23N7O. The first-order valence-electron chi connectivity index (χ1n) is 9.10. The van der Waals surface area contributed by atoms with E-state index < -0.39 is 0 Å². The van der Waals surface area contributed by atoms with Gasteiger partial charge in [-0.2, -0.15) is 10.1 Å². The van der Waals surface area contributed by atoms with E-state index in [9.17, 15) is 4.79 Å². The van der Waals surface area contributed by atoms with Gasteiger partial charge in [-0.25, -0.2) is 19.0 Å². The Morgan fingerprint density at radius 1 is 1.15 bits per heavy atom. The van der Waals surface area contributed by atoms with Crippen LogP contribution in [-0.2, 0) is 7.05 Å². The Hall–Kier alpha value is -3.16. The molecule has 2 aromatic heterocycles. The van der Waals surface area contributed by atoms with Crippen LogP contribution in [-0.4, -0.2) is 37.4 Å². The molecule has 8 nitrogen and oxygen atoms in total. The van der Waals surface area contributed by atoms with Crippen LogP contribution in [0.1, 0.15) is 30.1 Å². The third-order valence-corrected chi connectivity index (χ3v) is 5.11. The maximum absolute atomic E-state index is 12.6. The van der Waals surface area contributed by atoms with Crippen LogP contribution < -0.4 is 16.3 Å². The Kier molecular flexibility index (Phi) is 4.39. The first kappa shape index (κ1) is 17.3. The van der Waals surface area contributed by atoms with Crippen molar-refractivity contribution in [3.63, 3.8) is 0 Å². The Bertz CT molecular complexity index is 1000. The van der Waals surface area contributed by atoms with Gasteiger partial charge < -0.3 is 10.6 Å². The van der Waals surface area contributed by atoms with Crippen LogP contribution in [0.2, 0.25) is 0 Å². The highest BCUT2D eigenvalue weighted by molar-refractivity contribution is 5.44. The lowest BCUT2D eigenvalue weighted by Crippen LogP contribution is -2.35. The largest absolute Gasteiger partial charge is 0.383 e. The molecule has 1 saturated heterocycles. The number of hydrogen-bond acceptors (Lipinski definition) is 6. The van der Waals surface area contributed by atoms with E-state index in [1.165, 1.54) is 4.68 Å². The summed E-state index contributed by atoms with van der Waals surface area (Å²) >= 11 is 0. The number of nitrogen functional groups attached to an aromatic ring is 1. The molecule has 8 heteroatoms. The van der Waals surface area contributed by atoms with Crippen LogP contribution in [0.5, 0.6) is 0 Å². The standard InChI is InChI=1S/C19H23N7O/c1-13-12-21-18(22-16(13)20)25-10-8-14(9-11-25)17-23-24(2)19(27)26(17)15-6-4-3-5-7-15/h3-7,12,14H,8-11H2,1-2H3,(H2,20,21,22). The Balaban J connectivity index is 1.58. The Morgan fingerprint density at radius 2 is 1.85 bits per heavy atom. The lowest BCUT2D eigenvalue weighted by atomic mass is 9.96. The fourth-order valence-corrected chi connectivity index (χ4v) is 3.50. The van der Waals surface area contributed by atoms with Crippen LogP contribution in [0.25, 0.3) is 5.69 Å². The minimum absolute atomic E-state index is 0.117. The molecule has 0 bridgehead atoms. The van der Waals surface area contributed by atoms with Gasteiger partial charge in [-0.1, -0.05) is 18.2 Å². The maximum Gasteiger partial charge on any atom is 0.350 e. The molecule has 3 aromatic rings. The molecule has 0 unspecified atom stereocenters. The molecule has 1 aliphatic heterocycles. The van der Waals surface area contributed by atoms with Crippen LogP contribution >= 0.6 is 0 Å². The van der Waals surface area contributed by atoms with Crippen molar-refractivity contribution in [1.29, 1.82) is 0 Å². The van der Waals surface area contributed by atoms with Crippen molar-refractivity contribution < 1.29 is 0 Å². The number of piperidine rings is 1. The number of aromatic nitrogens is 5. The van der Waals surface area contributed by atoms with Crippen molar-refractivity contribution in [2.24, 2.45) is 7.05 Å². The predicted octanol–water partition coefficient (Wildman–Crippen LogP) is 1.64. The van der Waals surface area contributed by atoms with Gasteiger partial charge in [-0.05, 0) is 31.9 Å². The lowest BCUT2D eigenvalue weighted by Gasteiger charge is -2.31. The molecule has 0 radical (unpaired) electrons. The molecule has 4 rings (SSSR count). The molecule has 0 spiro atoms. The quantitative estimate of drug-likeness (QED) is 0.758. The van der Waals surface area contributed by atoms with Crippen LogP contribution in [0.15, 0.2) is 41.3 Å². The number of para-hydroxylation sites is 1. The summed E-state index contributed by atoms with van der Waals surface area (Å²) in [5, 5.41) is 4.53. The Morgan fingerprint density at radius 3 is 2.52 bits per heavy atom. The topological polar surface area (TPSA) is 94.9 Å². The van der Waals surface area contributed by atoms with Crippen LogP contribution in [0, 0.1) is 6.92 Å². The summed E-state index contributed by atoms with van der Waals surface area (Å²) in [6.45, 7) is 3.49. The first-order chi connectivity index (χ1) is 13.0. The molecule has 1 fully saturated rings. The van der Waals surface area contributed by atoms with Crippen molar-refractivity contribution in [3.05, 3.63) is 58.4 Å². The SMILES string of the molecule is Cc1cnc(N2CCC(c3nn(C)c(=O)n3-c3ccccc3)CC2)nc1N. The van der Waals surface area contributed by atoms with Crippen molar-refractivity contribution in [3.8, 4) is 5.69 Å². The van der Waals surface area contributed by atoms with Crippen molar-refractivity contribution >= 4 is 11.8 Å². The van der Waals surface area contributed by atoms with E-state index in [0.717, 1.165) is 43.0 Å². The average Bonchev–Trinajstić information content (AvgIpc) is 2.99. The summed E-state index contributed by atoms with van der Waals surface area (Å²) in [6, 6.07) is 9.67. The lowest BCUT2D eigenvalue weighted by molar-refractivity contribution is 0.472. The summed E-state index contributed by atoms with van der Waals surface area (Å²) in [5.41, 5.74) is 7.54. The van der Waals surface area contributed by atoms with Crippen molar-refractivity contribution in [1.82, 2.24) is 24.3 Å². The molecule has 2 N–H and O–H groups in total. The minimum atomic E-state index is -0.117. The third kappa shape index (κ3) is 3.18. The van der Waals surface area contributed by atoms with E-state index in [1.807, 2.05) is 37.3 Å². The summed E-state index contributed by atoms with van der Waals surface area (Å²) in [5.74, 6) is 2.21. The molecule has 3 heterocycles. The van der Waals surface area contributed by atoms with Crippen LogP contribution in [0.4, 0.5) is 11.8 Å². The Labute approximate surface area is 157 Å². The minimum Gasteiger partial charge on any atom is -0.383 e. The number of nitrogens with zero attached hydrogens (tertiary/aromatic N) is 6. The number of benzene rings is 1. The van der Waals surface area contributed by atoms with Gasteiger partial charge in [-0.3, -0.25) is 0 Å². The first-order valence-corrected chi connectivity index (χ1v) is 9.10. The number of hydrogen-bond donors (Lipinski definition) is 1. The van der Waals surface area contributed by atoms with Gasteiger partial charge in [0.2, 0.25) is 5.95 Å². The molecule has 140 valence electrons. The summed E-state index contributed by atoms with van der Waals surface area (Å²) in [7, 11) is 1.70. The van der Waals surface area contributed by atoms with E-state index in [1.54, 1.807) is 17.8 Å².